The molecule has 0 bridgehead atoms. The molecule has 0 aliphatic heterocycles. The molecule has 0 saturated heterocycles. The summed E-state index contributed by atoms with van der Waals surface area (Å²) in [7, 11) is 0. The molecule has 0 spiro atoms. The number of aryl methyl sites for hydroxylation is 2. The topological polar surface area (TPSA) is 29.1 Å². The predicted octanol–water partition coefficient (Wildman–Crippen LogP) is 4.70. The lowest BCUT2D eigenvalue weighted by Gasteiger charge is -2.15. The molecule has 106 valence electrons. The third-order valence-corrected chi connectivity index (χ3v) is 4.01. The van der Waals surface area contributed by atoms with Gasteiger partial charge in [0.25, 0.3) is 0 Å². The van der Waals surface area contributed by atoms with Gasteiger partial charge in [-0.2, -0.15) is 0 Å². The second kappa shape index (κ2) is 7.32. The van der Waals surface area contributed by atoms with Gasteiger partial charge >= 0.3 is 0 Å². The minimum atomic E-state index is 0.0793. The van der Waals surface area contributed by atoms with E-state index in [1.54, 1.807) is 0 Å². The van der Waals surface area contributed by atoms with Crippen LogP contribution in [-0.2, 0) is 4.79 Å². The molecule has 1 unspecified atom stereocenters. The molecule has 2 atom stereocenters. The Morgan fingerprint density at radius 1 is 1.16 bits per heavy atom. The highest BCUT2D eigenvalue weighted by Crippen LogP contribution is 2.18. The van der Waals surface area contributed by atoms with Crippen LogP contribution < -0.4 is 5.32 Å². The molecule has 0 aliphatic rings. The predicted molar refractivity (Wildman–Crippen MR) is 82.4 cm³/mol. The molecule has 1 aromatic carbocycles. The lowest BCUT2D eigenvalue weighted by molar-refractivity contribution is -0.119. The number of hydrogen-bond donors (Lipinski definition) is 1. The molecule has 1 aromatic rings. The SMILES string of the molecule is CC[C@@H](C)CCC(C)C(=O)Nc1ccc(C)c(C)c1. The van der Waals surface area contributed by atoms with E-state index in [2.05, 4.69) is 39.1 Å². The van der Waals surface area contributed by atoms with Crippen molar-refractivity contribution in [2.45, 2.75) is 53.9 Å². The quantitative estimate of drug-likeness (QED) is 0.789. The van der Waals surface area contributed by atoms with E-state index in [1.807, 2.05) is 19.1 Å². The van der Waals surface area contributed by atoms with Crippen molar-refractivity contribution in [3.8, 4) is 0 Å². The van der Waals surface area contributed by atoms with Crippen LogP contribution in [0.5, 0.6) is 0 Å². The van der Waals surface area contributed by atoms with Gasteiger partial charge in [0.15, 0.2) is 0 Å². The second-order valence-electron chi connectivity index (χ2n) is 5.78. The normalized spacial score (nSPS) is 13.9. The lowest BCUT2D eigenvalue weighted by atomic mass is 9.96. The number of hydrogen-bond acceptors (Lipinski definition) is 1. The zero-order chi connectivity index (χ0) is 14.4. The summed E-state index contributed by atoms with van der Waals surface area (Å²) in [6, 6.07) is 6.06. The molecule has 1 rings (SSSR count). The van der Waals surface area contributed by atoms with Gasteiger partial charge in [-0.25, -0.2) is 0 Å². The molecule has 1 amide bonds. The molecular formula is C17H27NO. The van der Waals surface area contributed by atoms with E-state index in [4.69, 9.17) is 0 Å². The molecule has 2 nitrogen and oxygen atoms in total. The highest BCUT2D eigenvalue weighted by atomic mass is 16.1. The fourth-order valence-electron chi connectivity index (χ4n) is 1.95. The monoisotopic (exact) mass is 261 g/mol. The van der Waals surface area contributed by atoms with Crippen molar-refractivity contribution in [1.82, 2.24) is 0 Å². The van der Waals surface area contributed by atoms with Gasteiger partial charge in [0, 0.05) is 11.6 Å². The molecule has 1 N–H and O–H groups in total. The third-order valence-electron chi connectivity index (χ3n) is 4.01. The van der Waals surface area contributed by atoms with Crippen molar-refractivity contribution < 1.29 is 4.79 Å². The van der Waals surface area contributed by atoms with E-state index in [1.165, 1.54) is 17.5 Å². The Balaban J connectivity index is 2.51. The summed E-state index contributed by atoms with van der Waals surface area (Å²) in [5.41, 5.74) is 3.37. The summed E-state index contributed by atoms with van der Waals surface area (Å²) in [5.74, 6) is 0.916. The summed E-state index contributed by atoms with van der Waals surface area (Å²) in [6.07, 6.45) is 3.27. The lowest BCUT2D eigenvalue weighted by Crippen LogP contribution is -2.21. The maximum Gasteiger partial charge on any atom is 0.227 e. The van der Waals surface area contributed by atoms with Crippen LogP contribution in [0, 0.1) is 25.7 Å². The number of anilines is 1. The summed E-state index contributed by atoms with van der Waals surface area (Å²) >= 11 is 0. The smallest absolute Gasteiger partial charge is 0.227 e. The van der Waals surface area contributed by atoms with Crippen LogP contribution in [0.2, 0.25) is 0 Å². The molecule has 2 heteroatoms. The molecule has 19 heavy (non-hydrogen) atoms. The van der Waals surface area contributed by atoms with Crippen molar-refractivity contribution in [2.24, 2.45) is 11.8 Å². The standard InChI is InChI=1S/C17H27NO/c1-6-12(2)7-8-14(4)17(19)18-16-10-9-13(3)15(5)11-16/h9-12,14H,6-8H2,1-5H3,(H,18,19)/t12-,14?/m1/s1. The van der Waals surface area contributed by atoms with E-state index in [9.17, 15) is 4.79 Å². The Kier molecular flexibility index (Phi) is 6.07. The van der Waals surface area contributed by atoms with Gasteiger partial charge in [-0.3, -0.25) is 4.79 Å². The zero-order valence-corrected chi connectivity index (χ0v) is 12.9. The van der Waals surface area contributed by atoms with Gasteiger partial charge in [0.2, 0.25) is 5.91 Å². The van der Waals surface area contributed by atoms with Crippen LogP contribution in [0.15, 0.2) is 18.2 Å². The summed E-state index contributed by atoms with van der Waals surface area (Å²) in [4.78, 5) is 12.1. The fourth-order valence-corrected chi connectivity index (χ4v) is 1.95. The van der Waals surface area contributed by atoms with E-state index in [0.717, 1.165) is 18.5 Å². The van der Waals surface area contributed by atoms with Gasteiger partial charge in [-0.15, -0.1) is 0 Å². The summed E-state index contributed by atoms with van der Waals surface area (Å²) < 4.78 is 0. The van der Waals surface area contributed by atoms with Crippen molar-refractivity contribution in [3.63, 3.8) is 0 Å². The van der Waals surface area contributed by atoms with Crippen molar-refractivity contribution in [1.29, 1.82) is 0 Å². The molecular weight excluding hydrogens is 234 g/mol. The number of rotatable bonds is 6. The Morgan fingerprint density at radius 2 is 1.84 bits per heavy atom. The van der Waals surface area contributed by atoms with Gasteiger partial charge < -0.3 is 5.32 Å². The summed E-state index contributed by atoms with van der Waals surface area (Å²) in [5, 5.41) is 3.01. The maximum atomic E-state index is 12.1. The number of nitrogens with one attached hydrogen (secondary N) is 1. The molecule has 0 aliphatic carbocycles. The fraction of sp³-hybridized carbons (Fsp3) is 0.588. The van der Waals surface area contributed by atoms with Gasteiger partial charge in [-0.05, 0) is 55.9 Å². The van der Waals surface area contributed by atoms with Crippen LogP contribution in [0.25, 0.3) is 0 Å². The van der Waals surface area contributed by atoms with E-state index in [-0.39, 0.29) is 11.8 Å². The van der Waals surface area contributed by atoms with Crippen LogP contribution in [0.3, 0.4) is 0 Å². The average molecular weight is 261 g/mol. The average Bonchev–Trinajstić information content (AvgIpc) is 2.39. The number of carbonyl (C=O) groups excluding carboxylic acids is 1. The van der Waals surface area contributed by atoms with Crippen LogP contribution in [0.1, 0.15) is 51.2 Å². The molecule has 0 heterocycles. The second-order valence-corrected chi connectivity index (χ2v) is 5.78. The van der Waals surface area contributed by atoms with Crippen molar-refractivity contribution in [2.75, 3.05) is 5.32 Å². The first-order chi connectivity index (χ1) is 8.93. The molecule has 0 fully saturated rings. The third kappa shape index (κ3) is 5.06. The largest absolute Gasteiger partial charge is 0.326 e. The number of carbonyl (C=O) groups is 1. The van der Waals surface area contributed by atoms with Gasteiger partial charge in [0.05, 0.1) is 0 Å². The van der Waals surface area contributed by atoms with Crippen LogP contribution in [-0.4, -0.2) is 5.91 Å². The van der Waals surface area contributed by atoms with Crippen LogP contribution >= 0.6 is 0 Å². The number of benzene rings is 1. The first-order valence-corrected chi connectivity index (χ1v) is 7.32. The highest BCUT2D eigenvalue weighted by Gasteiger charge is 2.14. The minimum absolute atomic E-state index is 0.0793. The van der Waals surface area contributed by atoms with E-state index >= 15 is 0 Å². The Bertz CT molecular complexity index is 425. The maximum absolute atomic E-state index is 12.1. The van der Waals surface area contributed by atoms with Crippen molar-refractivity contribution >= 4 is 11.6 Å². The zero-order valence-electron chi connectivity index (χ0n) is 12.9. The first kappa shape index (κ1) is 15.7. The van der Waals surface area contributed by atoms with Gasteiger partial charge in [0.1, 0.15) is 0 Å². The van der Waals surface area contributed by atoms with Crippen LogP contribution in [0.4, 0.5) is 5.69 Å². The number of amides is 1. The highest BCUT2D eigenvalue weighted by molar-refractivity contribution is 5.92. The Morgan fingerprint density at radius 3 is 2.42 bits per heavy atom. The van der Waals surface area contributed by atoms with E-state index < -0.39 is 0 Å². The molecule has 0 radical (unpaired) electrons. The Hall–Kier alpha value is -1.31. The molecule has 0 saturated carbocycles. The van der Waals surface area contributed by atoms with E-state index in [0.29, 0.717) is 5.92 Å². The molecule has 0 aromatic heterocycles. The summed E-state index contributed by atoms with van der Waals surface area (Å²) in [6.45, 7) is 10.6. The minimum Gasteiger partial charge on any atom is -0.326 e. The first-order valence-electron chi connectivity index (χ1n) is 7.32. The Labute approximate surface area is 117 Å². The van der Waals surface area contributed by atoms with Crippen molar-refractivity contribution in [3.05, 3.63) is 29.3 Å². The van der Waals surface area contributed by atoms with Gasteiger partial charge in [-0.1, -0.05) is 33.3 Å².